The van der Waals surface area contributed by atoms with Gasteiger partial charge < -0.3 is 13.3 Å². The molecule has 6 nitrogen and oxygen atoms in total. The molecule has 0 atom stereocenters. The van der Waals surface area contributed by atoms with Crippen LogP contribution in [-0.4, -0.2) is 35.3 Å². The van der Waals surface area contributed by atoms with E-state index in [0.29, 0.717) is 0 Å². The van der Waals surface area contributed by atoms with Crippen LogP contribution in [0.5, 0.6) is 11.5 Å². The second-order valence-electron chi connectivity index (χ2n) is 8.28. The van der Waals surface area contributed by atoms with Gasteiger partial charge in [0.15, 0.2) is 5.75 Å². The predicted molar refractivity (Wildman–Crippen MR) is 114 cm³/mol. The van der Waals surface area contributed by atoms with Crippen molar-refractivity contribution < 1.29 is 39.7 Å². The van der Waals surface area contributed by atoms with Crippen molar-refractivity contribution in [1.82, 2.24) is 0 Å². The molecule has 0 radical (unpaired) electrons. The molecule has 2 rings (SSSR count). The molecule has 0 aliphatic rings. The molecule has 0 saturated carbocycles. The SMILES string of the molecule is COC(=O)c1c(O[Si](C)(C)C(C)(C)C)cc2ccc(Cl)cc2c1OS(=O)(=O)C(F)(F)F. The lowest BCUT2D eigenvalue weighted by molar-refractivity contribution is -0.0500. The van der Waals surface area contributed by atoms with Crippen LogP contribution in [0.2, 0.25) is 23.2 Å². The van der Waals surface area contributed by atoms with E-state index in [2.05, 4.69) is 4.18 Å². The zero-order chi connectivity index (χ0) is 24.0. The highest BCUT2D eigenvalue weighted by molar-refractivity contribution is 7.88. The van der Waals surface area contributed by atoms with Gasteiger partial charge in [0.2, 0.25) is 0 Å². The Morgan fingerprint density at radius 3 is 2.16 bits per heavy atom. The zero-order valence-corrected chi connectivity index (χ0v) is 20.3. The quantitative estimate of drug-likeness (QED) is 0.221. The van der Waals surface area contributed by atoms with Crippen molar-refractivity contribution in [3.05, 3.63) is 34.9 Å². The van der Waals surface area contributed by atoms with E-state index < -0.39 is 41.2 Å². The van der Waals surface area contributed by atoms with Crippen LogP contribution >= 0.6 is 11.6 Å². The van der Waals surface area contributed by atoms with Gasteiger partial charge in [-0.2, -0.15) is 21.6 Å². The summed E-state index contributed by atoms with van der Waals surface area (Å²) in [6, 6.07) is 5.52. The van der Waals surface area contributed by atoms with Crippen molar-refractivity contribution in [3.8, 4) is 11.5 Å². The Labute approximate surface area is 184 Å². The van der Waals surface area contributed by atoms with E-state index >= 15 is 0 Å². The lowest BCUT2D eigenvalue weighted by atomic mass is 10.0. The molecule has 31 heavy (non-hydrogen) atoms. The number of alkyl halides is 3. The average Bonchev–Trinajstić information content (AvgIpc) is 2.59. The van der Waals surface area contributed by atoms with Gasteiger partial charge in [-0.05, 0) is 41.7 Å². The lowest BCUT2D eigenvalue weighted by Gasteiger charge is -2.37. The van der Waals surface area contributed by atoms with Gasteiger partial charge in [0, 0.05) is 10.4 Å². The molecular weight excluding hydrogens is 477 g/mol. The van der Waals surface area contributed by atoms with Gasteiger partial charge in [-0.25, -0.2) is 4.79 Å². The normalized spacial score (nSPS) is 13.2. The summed E-state index contributed by atoms with van der Waals surface area (Å²) in [4.78, 5) is 12.6. The smallest absolute Gasteiger partial charge is 0.534 e. The maximum atomic E-state index is 13.1. The first-order chi connectivity index (χ1) is 13.9. The highest BCUT2D eigenvalue weighted by Gasteiger charge is 2.49. The molecule has 0 spiro atoms. The number of esters is 1. The van der Waals surface area contributed by atoms with Gasteiger partial charge in [-0.3, -0.25) is 0 Å². The minimum Gasteiger partial charge on any atom is -0.543 e. The molecule has 0 bridgehead atoms. The molecule has 2 aromatic rings. The fourth-order valence-electron chi connectivity index (χ4n) is 2.36. The van der Waals surface area contributed by atoms with E-state index in [4.69, 9.17) is 20.8 Å². The van der Waals surface area contributed by atoms with E-state index in [9.17, 15) is 26.4 Å². The standard InChI is InChI=1S/C19H22ClF3O6SSi/c1-18(2,3)31(5,6)29-14-9-11-7-8-12(20)10-13(11)16(15(14)17(24)27-4)28-30(25,26)19(21,22)23/h7-10H,1-6H3. The summed E-state index contributed by atoms with van der Waals surface area (Å²) in [6.45, 7) is 9.47. The average molecular weight is 499 g/mol. The van der Waals surface area contributed by atoms with Gasteiger partial charge in [-0.1, -0.05) is 38.4 Å². The van der Waals surface area contributed by atoms with Gasteiger partial charge in [0.25, 0.3) is 8.32 Å². The Hall–Kier alpha value is -1.98. The van der Waals surface area contributed by atoms with Gasteiger partial charge in [0.05, 0.1) is 7.11 Å². The third-order valence-corrected chi connectivity index (χ3v) is 10.6. The number of hydrogen-bond acceptors (Lipinski definition) is 6. The first-order valence-corrected chi connectivity index (χ1v) is 13.6. The number of fused-ring (bicyclic) bond motifs is 1. The molecule has 0 heterocycles. The molecule has 2 aromatic carbocycles. The maximum absolute atomic E-state index is 13.1. The van der Waals surface area contributed by atoms with Crippen LogP contribution in [0.3, 0.4) is 0 Å². The monoisotopic (exact) mass is 498 g/mol. The zero-order valence-electron chi connectivity index (χ0n) is 17.7. The van der Waals surface area contributed by atoms with Crippen molar-refractivity contribution in [2.75, 3.05) is 7.11 Å². The summed E-state index contributed by atoms with van der Waals surface area (Å²) in [7, 11) is -7.71. The third kappa shape index (κ3) is 5.09. The van der Waals surface area contributed by atoms with E-state index in [-0.39, 0.29) is 26.6 Å². The van der Waals surface area contributed by atoms with E-state index in [0.717, 1.165) is 7.11 Å². The summed E-state index contributed by atoms with van der Waals surface area (Å²) in [5.74, 6) is -2.12. The molecule has 0 N–H and O–H groups in total. The predicted octanol–water partition coefficient (Wildman–Crippen LogP) is 5.89. The van der Waals surface area contributed by atoms with Crippen LogP contribution in [0.15, 0.2) is 24.3 Å². The summed E-state index contributed by atoms with van der Waals surface area (Å²) in [5.41, 5.74) is -6.29. The first-order valence-electron chi connectivity index (χ1n) is 8.95. The van der Waals surface area contributed by atoms with E-state index in [1.165, 1.54) is 24.3 Å². The molecular formula is C19H22ClF3O6SSi. The van der Waals surface area contributed by atoms with Crippen molar-refractivity contribution in [2.24, 2.45) is 0 Å². The summed E-state index contributed by atoms with van der Waals surface area (Å²) in [6.07, 6.45) is 0. The number of methoxy groups -OCH3 is 1. The number of benzene rings is 2. The number of hydrogen-bond donors (Lipinski definition) is 0. The number of ether oxygens (including phenoxy) is 1. The lowest BCUT2D eigenvalue weighted by Crippen LogP contribution is -2.44. The van der Waals surface area contributed by atoms with Crippen LogP contribution in [0.1, 0.15) is 31.1 Å². The van der Waals surface area contributed by atoms with Crippen LogP contribution < -0.4 is 8.61 Å². The minimum absolute atomic E-state index is 0.0932. The molecule has 0 fully saturated rings. The van der Waals surface area contributed by atoms with Crippen molar-refractivity contribution >= 4 is 46.8 Å². The molecule has 0 amide bonds. The molecule has 0 aliphatic carbocycles. The topological polar surface area (TPSA) is 78.9 Å². The van der Waals surface area contributed by atoms with E-state index in [1.54, 1.807) is 0 Å². The van der Waals surface area contributed by atoms with Crippen LogP contribution in [-0.2, 0) is 14.9 Å². The highest BCUT2D eigenvalue weighted by Crippen LogP contribution is 2.44. The Kier molecular flexibility index (Phi) is 6.67. The number of halogens is 4. The largest absolute Gasteiger partial charge is 0.543 e. The molecule has 0 aliphatic heterocycles. The Morgan fingerprint density at radius 1 is 1.10 bits per heavy atom. The van der Waals surface area contributed by atoms with E-state index in [1.807, 2.05) is 33.9 Å². The molecule has 12 heteroatoms. The van der Waals surface area contributed by atoms with Crippen LogP contribution in [0.25, 0.3) is 10.8 Å². The second-order valence-corrected chi connectivity index (χ2v) is 15.0. The van der Waals surface area contributed by atoms with Crippen molar-refractivity contribution in [2.45, 2.75) is 44.4 Å². The minimum atomic E-state index is -6.10. The number of carbonyl (C=O) groups is 1. The maximum Gasteiger partial charge on any atom is 0.534 e. The summed E-state index contributed by atoms with van der Waals surface area (Å²) in [5, 5.41) is -0.105. The Morgan fingerprint density at radius 2 is 1.68 bits per heavy atom. The Balaban J connectivity index is 2.93. The second kappa shape index (κ2) is 8.17. The van der Waals surface area contributed by atoms with Crippen LogP contribution in [0, 0.1) is 0 Å². The fraction of sp³-hybridized carbons (Fsp3) is 0.421. The molecule has 0 aromatic heterocycles. The van der Waals surface area contributed by atoms with Crippen LogP contribution in [0.4, 0.5) is 13.2 Å². The summed E-state index contributed by atoms with van der Waals surface area (Å²) < 4.78 is 78.1. The molecule has 0 unspecified atom stereocenters. The Bertz CT molecular complexity index is 1120. The fourth-order valence-corrected chi connectivity index (χ4v) is 4.03. The first kappa shape index (κ1) is 25.3. The van der Waals surface area contributed by atoms with Crippen molar-refractivity contribution in [1.29, 1.82) is 0 Å². The highest BCUT2D eigenvalue weighted by atomic mass is 35.5. The van der Waals surface area contributed by atoms with Gasteiger partial charge in [0.1, 0.15) is 11.3 Å². The molecule has 172 valence electrons. The summed E-state index contributed by atoms with van der Waals surface area (Å²) >= 11 is 5.96. The van der Waals surface area contributed by atoms with Gasteiger partial charge in [-0.15, -0.1) is 0 Å². The number of carbonyl (C=O) groups excluding carboxylic acids is 1. The number of rotatable bonds is 5. The third-order valence-electron chi connectivity index (χ3n) is 5.06. The molecule has 0 saturated heterocycles. The van der Waals surface area contributed by atoms with Gasteiger partial charge >= 0.3 is 21.6 Å². The van der Waals surface area contributed by atoms with Crippen molar-refractivity contribution in [3.63, 3.8) is 0 Å².